The van der Waals surface area contributed by atoms with Crippen molar-refractivity contribution in [2.45, 2.75) is 25.7 Å². The van der Waals surface area contributed by atoms with E-state index in [1.54, 1.807) is 0 Å². The van der Waals surface area contributed by atoms with Gasteiger partial charge in [0.15, 0.2) is 5.78 Å². The van der Waals surface area contributed by atoms with Gasteiger partial charge < -0.3 is 0 Å². The maximum atomic E-state index is 12.0. The third-order valence-electron chi connectivity index (χ3n) is 2.84. The molecule has 0 spiro atoms. The lowest BCUT2D eigenvalue weighted by molar-refractivity contribution is 0.0923. The van der Waals surface area contributed by atoms with Crippen molar-refractivity contribution in [1.82, 2.24) is 0 Å². The van der Waals surface area contributed by atoms with Gasteiger partial charge in [0.25, 0.3) is 0 Å². The van der Waals surface area contributed by atoms with E-state index in [2.05, 4.69) is 15.9 Å². The first-order valence-electron chi connectivity index (χ1n) is 5.07. The van der Waals surface area contributed by atoms with Crippen molar-refractivity contribution in [2.24, 2.45) is 5.92 Å². The van der Waals surface area contributed by atoms with Crippen molar-refractivity contribution >= 4 is 21.7 Å². The Bertz CT molecular complexity index is 340. The van der Waals surface area contributed by atoms with Crippen LogP contribution in [0, 0.1) is 5.92 Å². The van der Waals surface area contributed by atoms with Crippen LogP contribution < -0.4 is 0 Å². The molecule has 2 heteroatoms. The molecule has 1 aromatic carbocycles. The summed E-state index contributed by atoms with van der Waals surface area (Å²) in [6, 6.07) is 7.70. The van der Waals surface area contributed by atoms with Crippen molar-refractivity contribution in [3.8, 4) is 0 Å². The van der Waals surface area contributed by atoms with Crippen molar-refractivity contribution in [3.63, 3.8) is 0 Å². The topological polar surface area (TPSA) is 17.1 Å². The average molecular weight is 253 g/mol. The first-order valence-corrected chi connectivity index (χ1v) is 5.86. The Balaban J connectivity index is 2.17. The summed E-state index contributed by atoms with van der Waals surface area (Å²) in [5, 5.41) is 0. The van der Waals surface area contributed by atoms with Gasteiger partial charge in [0.05, 0.1) is 0 Å². The Morgan fingerprint density at radius 2 is 2.00 bits per heavy atom. The Kier molecular flexibility index (Phi) is 3.02. The fourth-order valence-corrected chi connectivity index (χ4v) is 2.46. The molecule has 0 saturated heterocycles. The van der Waals surface area contributed by atoms with Gasteiger partial charge in [-0.3, -0.25) is 4.79 Å². The van der Waals surface area contributed by atoms with Gasteiger partial charge in [-0.25, -0.2) is 0 Å². The third-order valence-corrected chi connectivity index (χ3v) is 3.33. The van der Waals surface area contributed by atoms with E-state index in [1.165, 1.54) is 12.8 Å². The summed E-state index contributed by atoms with van der Waals surface area (Å²) >= 11 is 3.39. The van der Waals surface area contributed by atoms with Crippen LogP contribution >= 0.6 is 15.9 Å². The second-order valence-corrected chi connectivity index (χ2v) is 4.77. The van der Waals surface area contributed by atoms with E-state index in [4.69, 9.17) is 0 Å². The molecule has 0 radical (unpaired) electrons. The summed E-state index contributed by atoms with van der Waals surface area (Å²) in [4.78, 5) is 12.0. The zero-order valence-corrected chi connectivity index (χ0v) is 9.59. The Labute approximate surface area is 92.6 Å². The van der Waals surface area contributed by atoms with Crippen LogP contribution in [0.2, 0.25) is 0 Å². The predicted octanol–water partition coefficient (Wildman–Crippen LogP) is 3.82. The lowest BCUT2D eigenvalue weighted by Gasteiger charge is -2.07. The maximum Gasteiger partial charge on any atom is 0.165 e. The number of hydrogen-bond acceptors (Lipinski definition) is 1. The highest BCUT2D eigenvalue weighted by Crippen LogP contribution is 2.28. The first-order chi connectivity index (χ1) is 6.77. The van der Waals surface area contributed by atoms with Crippen LogP contribution in [0.15, 0.2) is 28.7 Å². The molecule has 1 nitrogen and oxygen atoms in total. The SMILES string of the molecule is O=C(c1cccc(Br)c1)C1CCCC1. The molecule has 0 heterocycles. The molecule has 0 atom stereocenters. The van der Waals surface area contributed by atoms with Crippen molar-refractivity contribution in [3.05, 3.63) is 34.3 Å². The molecular formula is C12H13BrO. The molecule has 0 aliphatic heterocycles. The van der Waals surface area contributed by atoms with Gasteiger partial charge in [0.1, 0.15) is 0 Å². The highest BCUT2D eigenvalue weighted by atomic mass is 79.9. The molecule has 0 bridgehead atoms. The highest BCUT2D eigenvalue weighted by molar-refractivity contribution is 9.10. The second kappa shape index (κ2) is 4.26. The lowest BCUT2D eigenvalue weighted by atomic mass is 9.96. The smallest absolute Gasteiger partial charge is 0.165 e. The summed E-state index contributed by atoms with van der Waals surface area (Å²) in [5.74, 6) is 0.605. The van der Waals surface area contributed by atoms with Crippen molar-refractivity contribution in [2.75, 3.05) is 0 Å². The van der Waals surface area contributed by atoms with Gasteiger partial charge in [-0.05, 0) is 25.0 Å². The highest BCUT2D eigenvalue weighted by Gasteiger charge is 2.23. The molecular weight excluding hydrogens is 240 g/mol. The predicted molar refractivity (Wildman–Crippen MR) is 60.4 cm³/mol. The number of Topliss-reactive ketones (excluding diaryl/α,β-unsaturated/α-hetero) is 1. The summed E-state index contributed by atoms with van der Waals surface area (Å²) in [5.41, 5.74) is 0.853. The molecule has 1 saturated carbocycles. The first kappa shape index (κ1) is 9.91. The van der Waals surface area contributed by atoms with Crippen LogP contribution in [0.25, 0.3) is 0 Å². The van der Waals surface area contributed by atoms with Crippen LogP contribution in [0.1, 0.15) is 36.0 Å². The fraction of sp³-hybridized carbons (Fsp3) is 0.417. The number of rotatable bonds is 2. The molecule has 0 unspecified atom stereocenters. The van der Waals surface area contributed by atoms with E-state index in [1.807, 2.05) is 24.3 Å². The van der Waals surface area contributed by atoms with Gasteiger partial charge >= 0.3 is 0 Å². The zero-order chi connectivity index (χ0) is 9.97. The zero-order valence-electron chi connectivity index (χ0n) is 8.00. The van der Waals surface area contributed by atoms with Crippen LogP contribution in [0.5, 0.6) is 0 Å². The molecule has 1 aromatic rings. The largest absolute Gasteiger partial charge is 0.294 e. The molecule has 0 aromatic heterocycles. The average Bonchev–Trinajstić information content (AvgIpc) is 2.69. The molecule has 0 amide bonds. The number of benzene rings is 1. The van der Waals surface area contributed by atoms with Gasteiger partial charge in [0, 0.05) is 16.0 Å². The molecule has 2 rings (SSSR count). The summed E-state index contributed by atoms with van der Waals surface area (Å²) < 4.78 is 0.987. The minimum atomic E-state index is 0.282. The number of hydrogen-bond donors (Lipinski definition) is 0. The maximum absolute atomic E-state index is 12.0. The van der Waals surface area contributed by atoms with Gasteiger partial charge in [-0.2, -0.15) is 0 Å². The van der Waals surface area contributed by atoms with Crippen LogP contribution in [0.3, 0.4) is 0 Å². The van der Waals surface area contributed by atoms with E-state index in [0.717, 1.165) is 22.9 Å². The van der Waals surface area contributed by atoms with E-state index >= 15 is 0 Å². The van der Waals surface area contributed by atoms with Crippen LogP contribution in [0.4, 0.5) is 0 Å². The number of halogens is 1. The van der Waals surface area contributed by atoms with Crippen molar-refractivity contribution in [1.29, 1.82) is 0 Å². The normalized spacial score (nSPS) is 17.2. The third kappa shape index (κ3) is 2.06. The molecule has 74 valence electrons. The minimum Gasteiger partial charge on any atom is -0.294 e. The number of ketones is 1. The van der Waals surface area contributed by atoms with E-state index in [9.17, 15) is 4.79 Å². The molecule has 1 aliphatic carbocycles. The Hall–Kier alpha value is -0.630. The molecule has 1 aliphatic rings. The lowest BCUT2D eigenvalue weighted by Crippen LogP contribution is -2.10. The van der Waals surface area contributed by atoms with Gasteiger partial charge in [-0.15, -0.1) is 0 Å². The summed E-state index contributed by atoms with van der Waals surface area (Å²) in [6.07, 6.45) is 4.57. The number of carbonyl (C=O) groups excluding carboxylic acids is 1. The quantitative estimate of drug-likeness (QED) is 0.732. The molecule has 1 fully saturated rings. The molecule has 0 N–H and O–H groups in total. The van der Waals surface area contributed by atoms with E-state index < -0.39 is 0 Å². The Morgan fingerprint density at radius 1 is 1.29 bits per heavy atom. The number of carbonyl (C=O) groups is 1. The second-order valence-electron chi connectivity index (χ2n) is 3.86. The van der Waals surface area contributed by atoms with Gasteiger partial charge in [0.2, 0.25) is 0 Å². The van der Waals surface area contributed by atoms with Crippen LogP contribution in [-0.2, 0) is 0 Å². The molecule has 14 heavy (non-hydrogen) atoms. The standard InChI is InChI=1S/C12H13BrO/c13-11-7-3-6-10(8-11)12(14)9-4-1-2-5-9/h3,6-9H,1-2,4-5H2. The fourth-order valence-electron chi connectivity index (χ4n) is 2.07. The van der Waals surface area contributed by atoms with Gasteiger partial charge in [-0.1, -0.05) is 40.9 Å². The minimum absolute atomic E-state index is 0.282. The van der Waals surface area contributed by atoms with Crippen molar-refractivity contribution < 1.29 is 4.79 Å². The summed E-state index contributed by atoms with van der Waals surface area (Å²) in [6.45, 7) is 0. The van der Waals surface area contributed by atoms with Crippen LogP contribution in [-0.4, -0.2) is 5.78 Å². The summed E-state index contributed by atoms with van der Waals surface area (Å²) in [7, 11) is 0. The Morgan fingerprint density at radius 3 is 2.64 bits per heavy atom. The van der Waals surface area contributed by atoms with E-state index in [-0.39, 0.29) is 5.92 Å². The monoisotopic (exact) mass is 252 g/mol. The van der Waals surface area contributed by atoms with E-state index in [0.29, 0.717) is 5.78 Å².